The van der Waals surface area contributed by atoms with E-state index in [4.69, 9.17) is 25.8 Å². The van der Waals surface area contributed by atoms with Crippen molar-refractivity contribution in [3.8, 4) is 5.75 Å². The van der Waals surface area contributed by atoms with Crippen molar-refractivity contribution in [2.24, 2.45) is 0 Å². The third-order valence-corrected chi connectivity index (χ3v) is 4.93. The predicted octanol–water partition coefficient (Wildman–Crippen LogP) is 4.23. The molecule has 4 rings (SSSR count). The zero-order chi connectivity index (χ0) is 14.9. The van der Waals surface area contributed by atoms with Gasteiger partial charge in [0, 0.05) is 29.5 Å². The van der Waals surface area contributed by atoms with Gasteiger partial charge in [0.05, 0.1) is 6.61 Å². The summed E-state index contributed by atoms with van der Waals surface area (Å²) >= 11 is 6.30. The van der Waals surface area contributed by atoms with Gasteiger partial charge in [-0.15, -0.1) is 0 Å². The maximum absolute atomic E-state index is 6.30. The number of benzene rings is 1. The molecule has 3 unspecified atom stereocenters. The third-order valence-electron chi connectivity index (χ3n) is 4.71. The van der Waals surface area contributed by atoms with E-state index in [9.17, 15) is 0 Å². The van der Waals surface area contributed by atoms with E-state index in [-0.39, 0.29) is 12.4 Å². The summed E-state index contributed by atoms with van der Waals surface area (Å²) in [6.45, 7) is 1.46. The molecule has 1 aromatic carbocycles. The minimum Gasteiger partial charge on any atom is -0.489 e. The third kappa shape index (κ3) is 2.78. The summed E-state index contributed by atoms with van der Waals surface area (Å²) in [7, 11) is 0. The van der Waals surface area contributed by atoms with Crippen LogP contribution in [0.3, 0.4) is 0 Å². The smallest absolute Gasteiger partial charge is 0.157 e. The normalized spacial score (nSPS) is 29.2. The van der Waals surface area contributed by atoms with Gasteiger partial charge in [-0.2, -0.15) is 0 Å². The summed E-state index contributed by atoms with van der Waals surface area (Å²) in [5, 5.41) is 0.784. The van der Waals surface area contributed by atoms with Gasteiger partial charge in [-0.05, 0) is 43.4 Å². The Bertz CT molecular complexity index is 578. The average Bonchev–Trinajstić information content (AvgIpc) is 3.10. The van der Waals surface area contributed by atoms with E-state index in [0.717, 1.165) is 48.6 Å². The predicted molar refractivity (Wildman–Crippen MR) is 85.6 cm³/mol. The van der Waals surface area contributed by atoms with E-state index < -0.39 is 0 Å². The molecular weight excluding hydrogens is 300 g/mol. The molecule has 0 amide bonds. The summed E-state index contributed by atoms with van der Waals surface area (Å²) in [6.07, 6.45) is 9.79. The van der Waals surface area contributed by atoms with Crippen molar-refractivity contribution in [2.45, 2.75) is 50.4 Å². The van der Waals surface area contributed by atoms with Gasteiger partial charge in [0.25, 0.3) is 0 Å². The molecule has 0 spiro atoms. The quantitative estimate of drug-likeness (QED) is 0.777. The molecule has 1 fully saturated rings. The van der Waals surface area contributed by atoms with Crippen LogP contribution in [-0.2, 0) is 15.9 Å². The highest BCUT2D eigenvalue weighted by Gasteiger charge is 2.36. The molecule has 3 nitrogen and oxygen atoms in total. The van der Waals surface area contributed by atoms with Crippen LogP contribution in [0.5, 0.6) is 5.75 Å². The average molecular weight is 321 g/mol. The number of rotatable bonds is 4. The van der Waals surface area contributed by atoms with Gasteiger partial charge in [-0.3, -0.25) is 0 Å². The molecule has 1 aromatic rings. The van der Waals surface area contributed by atoms with E-state index in [2.05, 4.69) is 12.2 Å². The van der Waals surface area contributed by atoms with Gasteiger partial charge < -0.3 is 14.2 Å². The Labute approximate surface area is 136 Å². The molecule has 0 bridgehead atoms. The second-order valence-electron chi connectivity index (χ2n) is 6.25. The summed E-state index contributed by atoms with van der Waals surface area (Å²) in [6, 6.07) is 4.06. The summed E-state index contributed by atoms with van der Waals surface area (Å²) < 4.78 is 17.6. The van der Waals surface area contributed by atoms with Crippen molar-refractivity contribution < 1.29 is 14.2 Å². The lowest BCUT2D eigenvalue weighted by Gasteiger charge is -2.22. The van der Waals surface area contributed by atoms with Gasteiger partial charge >= 0.3 is 0 Å². The second-order valence-corrected chi connectivity index (χ2v) is 6.68. The Kier molecular flexibility index (Phi) is 4.12. The molecule has 2 heterocycles. The summed E-state index contributed by atoms with van der Waals surface area (Å²) in [4.78, 5) is 0. The first-order valence-electron chi connectivity index (χ1n) is 8.20. The SMILES string of the molecule is Clc1cc(CCOC2CCCCO2)c2c(c1)C1C=CCC1O2. The Hall–Kier alpha value is -1.03. The van der Waals surface area contributed by atoms with Crippen LogP contribution in [0.15, 0.2) is 24.3 Å². The molecule has 4 heteroatoms. The van der Waals surface area contributed by atoms with E-state index in [1.165, 1.54) is 12.0 Å². The lowest BCUT2D eigenvalue weighted by molar-refractivity contribution is -0.161. The number of hydrogen-bond acceptors (Lipinski definition) is 3. The fraction of sp³-hybridized carbons (Fsp3) is 0.556. The Morgan fingerprint density at radius 3 is 3.09 bits per heavy atom. The van der Waals surface area contributed by atoms with Crippen molar-refractivity contribution in [1.29, 1.82) is 0 Å². The Morgan fingerprint density at radius 2 is 2.23 bits per heavy atom. The molecule has 1 aliphatic carbocycles. The molecule has 22 heavy (non-hydrogen) atoms. The standard InChI is InChI=1S/C18H21ClO3/c19-13-10-12(7-9-21-17-6-1-2-8-20-17)18-15(11-13)14-4-3-5-16(14)22-18/h3-4,10-11,14,16-17H,1-2,5-9H2. The van der Waals surface area contributed by atoms with Gasteiger partial charge in [0.2, 0.25) is 0 Å². The minimum absolute atomic E-state index is 0.0378. The van der Waals surface area contributed by atoms with Crippen LogP contribution in [0.25, 0.3) is 0 Å². The highest BCUT2D eigenvalue weighted by Crippen LogP contribution is 2.46. The largest absolute Gasteiger partial charge is 0.489 e. The van der Waals surface area contributed by atoms with Crippen molar-refractivity contribution in [3.05, 3.63) is 40.4 Å². The van der Waals surface area contributed by atoms with Crippen molar-refractivity contribution >= 4 is 11.6 Å². The van der Waals surface area contributed by atoms with E-state index in [1.807, 2.05) is 12.1 Å². The lowest BCUT2D eigenvalue weighted by atomic mass is 9.96. The molecule has 2 aliphatic heterocycles. The molecule has 1 saturated heterocycles. The van der Waals surface area contributed by atoms with Crippen LogP contribution in [0, 0.1) is 0 Å². The maximum Gasteiger partial charge on any atom is 0.157 e. The van der Waals surface area contributed by atoms with Gasteiger partial charge in [0.15, 0.2) is 6.29 Å². The molecule has 0 aromatic heterocycles. The van der Waals surface area contributed by atoms with E-state index in [1.54, 1.807) is 0 Å². The van der Waals surface area contributed by atoms with Crippen LogP contribution in [0.1, 0.15) is 42.7 Å². The molecule has 0 saturated carbocycles. The van der Waals surface area contributed by atoms with E-state index >= 15 is 0 Å². The van der Waals surface area contributed by atoms with Crippen molar-refractivity contribution in [2.75, 3.05) is 13.2 Å². The number of halogens is 1. The van der Waals surface area contributed by atoms with Crippen LogP contribution >= 0.6 is 11.6 Å². The highest BCUT2D eigenvalue weighted by atomic mass is 35.5. The van der Waals surface area contributed by atoms with Crippen molar-refractivity contribution in [1.82, 2.24) is 0 Å². The molecule has 0 N–H and O–H groups in total. The van der Waals surface area contributed by atoms with Gasteiger partial charge in [-0.1, -0.05) is 23.8 Å². The van der Waals surface area contributed by atoms with Crippen LogP contribution in [0.2, 0.25) is 5.02 Å². The lowest BCUT2D eigenvalue weighted by Crippen LogP contribution is -2.23. The van der Waals surface area contributed by atoms with Crippen LogP contribution < -0.4 is 4.74 Å². The van der Waals surface area contributed by atoms with Gasteiger partial charge in [0.1, 0.15) is 11.9 Å². The number of hydrogen-bond donors (Lipinski definition) is 0. The number of fused-ring (bicyclic) bond motifs is 3. The molecular formula is C18H21ClO3. The van der Waals surface area contributed by atoms with E-state index in [0.29, 0.717) is 12.5 Å². The van der Waals surface area contributed by atoms with Gasteiger partial charge in [-0.25, -0.2) is 0 Å². The summed E-state index contributed by atoms with van der Waals surface area (Å²) in [5.74, 6) is 1.40. The van der Waals surface area contributed by atoms with Crippen molar-refractivity contribution in [3.63, 3.8) is 0 Å². The fourth-order valence-corrected chi connectivity index (χ4v) is 3.85. The Morgan fingerprint density at radius 1 is 1.27 bits per heavy atom. The highest BCUT2D eigenvalue weighted by molar-refractivity contribution is 6.30. The first-order chi connectivity index (χ1) is 10.8. The minimum atomic E-state index is -0.0378. The fourth-order valence-electron chi connectivity index (χ4n) is 3.60. The van der Waals surface area contributed by atoms with Crippen LogP contribution in [-0.4, -0.2) is 25.6 Å². The molecule has 3 atom stereocenters. The second kappa shape index (κ2) is 6.23. The number of ether oxygens (including phenoxy) is 3. The first-order valence-corrected chi connectivity index (χ1v) is 8.58. The zero-order valence-corrected chi connectivity index (χ0v) is 13.3. The first kappa shape index (κ1) is 14.6. The molecule has 3 aliphatic rings. The Balaban J connectivity index is 1.45. The van der Waals surface area contributed by atoms with Crippen LogP contribution in [0.4, 0.5) is 0 Å². The topological polar surface area (TPSA) is 27.7 Å². The molecule has 118 valence electrons. The zero-order valence-electron chi connectivity index (χ0n) is 12.6. The molecule has 0 radical (unpaired) electrons. The summed E-state index contributed by atoms with van der Waals surface area (Å²) in [5.41, 5.74) is 2.39. The maximum atomic E-state index is 6.30. The monoisotopic (exact) mass is 320 g/mol.